The third-order valence-electron chi connectivity index (χ3n) is 4.13. The second-order valence-corrected chi connectivity index (χ2v) is 7.91. The molecular weight excluding hydrogens is 397 g/mol. The molecule has 1 unspecified atom stereocenters. The van der Waals surface area contributed by atoms with E-state index in [-0.39, 0.29) is 11.5 Å². The van der Waals surface area contributed by atoms with Gasteiger partial charge in [-0.3, -0.25) is 4.79 Å². The molecule has 1 atom stereocenters. The molecule has 1 aromatic carbocycles. The predicted octanol–water partition coefficient (Wildman–Crippen LogP) is 4.93. The van der Waals surface area contributed by atoms with Crippen molar-refractivity contribution in [2.45, 2.75) is 25.9 Å². The summed E-state index contributed by atoms with van der Waals surface area (Å²) in [5.74, 6) is -0.805. The van der Waals surface area contributed by atoms with Crippen LogP contribution in [0.3, 0.4) is 0 Å². The summed E-state index contributed by atoms with van der Waals surface area (Å²) in [6, 6.07) is 5.06. The molecule has 2 heterocycles. The van der Waals surface area contributed by atoms with Gasteiger partial charge in [0, 0.05) is 32.7 Å². The first-order valence-corrected chi connectivity index (χ1v) is 9.59. The summed E-state index contributed by atoms with van der Waals surface area (Å²) < 4.78 is 10.3. The molecule has 2 aromatic rings. The van der Waals surface area contributed by atoms with Crippen LogP contribution >= 0.6 is 34.5 Å². The standard InChI is InChI=1S/C18H17Cl2NO4S/c1-9-14(11-6-5-10(19)8-12(11)20)15(18(23)24-2)17(26-9)21-16(22)13-4-3-7-25-13/h5-6,8,13H,3-4,7H2,1-2H3,(H,21,22). The molecular formula is C18H17Cl2NO4S. The molecule has 5 nitrogen and oxygen atoms in total. The van der Waals surface area contributed by atoms with Crippen molar-refractivity contribution in [1.82, 2.24) is 0 Å². The Morgan fingerprint density at radius 1 is 1.35 bits per heavy atom. The number of halogens is 2. The van der Waals surface area contributed by atoms with Crippen LogP contribution in [-0.4, -0.2) is 31.7 Å². The Labute approximate surface area is 165 Å². The first-order valence-electron chi connectivity index (χ1n) is 8.02. The molecule has 1 saturated heterocycles. The molecule has 0 spiro atoms. The van der Waals surface area contributed by atoms with Crippen molar-refractivity contribution < 1.29 is 19.1 Å². The van der Waals surface area contributed by atoms with E-state index >= 15 is 0 Å². The summed E-state index contributed by atoms with van der Waals surface area (Å²) >= 11 is 13.6. The highest BCUT2D eigenvalue weighted by Crippen LogP contribution is 2.43. The van der Waals surface area contributed by atoms with Crippen LogP contribution in [0, 0.1) is 6.92 Å². The summed E-state index contributed by atoms with van der Waals surface area (Å²) in [6.07, 6.45) is 1.02. The number of rotatable bonds is 4. The van der Waals surface area contributed by atoms with Gasteiger partial charge in [0.2, 0.25) is 0 Å². The van der Waals surface area contributed by atoms with Gasteiger partial charge in [-0.25, -0.2) is 4.79 Å². The SMILES string of the molecule is COC(=O)c1c(NC(=O)C2CCCO2)sc(C)c1-c1ccc(Cl)cc1Cl. The molecule has 3 rings (SSSR count). The first kappa shape index (κ1) is 19.2. The minimum atomic E-state index is -0.544. The lowest BCUT2D eigenvalue weighted by molar-refractivity contribution is -0.124. The Kier molecular flexibility index (Phi) is 5.87. The number of esters is 1. The molecule has 1 aliphatic rings. The van der Waals surface area contributed by atoms with Crippen LogP contribution in [0.2, 0.25) is 10.0 Å². The Bertz CT molecular complexity index is 859. The highest BCUT2D eigenvalue weighted by atomic mass is 35.5. The van der Waals surface area contributed by atoms with E-state index in [4.69, 9.17) is 32.7 Å². The van der Waals surface area contributed by atoms with Crippen molar-refractivity contribution in [2.75, 3.05) is 19.0 Å². The largest absolute Gasteiger partial charge is 0.465 e. The van der Waals surface area contributed by atoms with Gasteiger partial charge in [0.05, 0.1) is 7.11 Å². The van der Waals surface area contributed by atoms with Crippen molar-refractivity contribution in [1.29, 1.82) is 0 Å². The Balaban J connectivity index is 2.06. The Morgan fingerprint density at radius 3 is 2.73 bits per heavy atom. The number of carbonyl (C=O) groups excluding carboxylic acids is 2. The van der Waals surface area contributed by atoms with Gasteiger partial charge in [0.1, 0.15) is 16.7 Å². The molecule has 1 fully saturated rings. The lowest BCUT2D eigenvalue weighted by atomic mass is 10.0. The molecule has 138 valence electrons. The van der Waals surface area contributed by atoms with Gasteiger partial charge in [-0.05, 0) is 31.9 Å². The molecule has 0 saturated carbocycles. The third-order valence-corrected chi connectivity index (χ3v) is 5.70. The van der Waals surface area contributed by atoms with Crippen molar-refractivity contribution >= 4 is 51.4 Å². The summed E-state index contributed by atoms with van der Waals surface area (Å²) in [6.45, 7) is 2.43. The minimum Gasteiger partial charge on any atom is -0.465 e. The number of thiophene rings is 1. The van der Waals surface area contributed by atoms with Gasteiger partial charge >= 0.3 is 5.97 Å². The fraction of sp³-hybridized carbons (Fsp3) is 0.333. The number of benzene rings is 1. The monoisotopic (exact) mass is 413 g/mol. The number of anilines is 1. The third kappa shape index (κ3) is 3.74. The molecule has 26 heavy (non-hydrogen) atoms. The fourth-order valence-electron chi connectivity index (χ4n) is 2.92. The normalized spacial score (nSPS) is 16.5. The number of methoxy groups -OCH3 is 1. The second kappa shape index (κ2) is 7.96. The number of aryl methyl sites for hydroxylation is 1. The second-order valence-electron chi connectivity index (χ2n) is 5.84. The topological polar surface area (TPSA) is 64.6 Å². The molecule has 1 aliphatic heterocycles. The number of carbonyl (C=O) groups is 2. The maximum atomic E-state index is 12.5. The van der Waals surface area contributed by atoms with Crippen LogP contribution < -0.4 is 5.32 Å². The zero-order valence-corrected chi connectivity index (χ0v) is 16.6. The van der Waals surface area contributed by atoms with E-state index in [1.165, 1.54) is 18.4 Å². The fourth-order valence-corrected chi connectivity index (χ4v) is 4.49. The summed E-state index contributed by atoms with van der Waals surface area (Å²) in [7, 11) is 1.30. The molecule has 0 radical (unpaired) electrons. The Hall–Kier alpha value is -1.60. The number of nitrogens with one attached hydrogen (secondary N) is 1. The van der Waals surface area contributed by atoms with E-state index in [1.807, 2.05) is 6.92 Å². The number of hydrogen-bond acceptors (Lipinski definition) is 5. The van der Waals surface area contributed by atoms with E-state index < -0.39 is 12.1 Å². The zero-order valence-electron chi connectivity index (χ0n) is 14.2. The van der Waals surface area contributed by atoms with E-state index in [9.17, 15) is 9.59 Å². The number of amides is 1. The first-order chi connectivity index (χ1) is 12.4. The van der Waals surface area contributed by atoms with E-state index in [0.29, 0.717) is 39.2 Å². The number of ether oxygens (including phenoxy) is 2. The molecule has 1 amide bonds. The predicted molar refractivity (Wildman–Crippen MR) is 103 cm³/mol. The maximum Gasteiger partial charge on any atom is 0.341 e. The van der Waals surface area contributed by atoms with Crippen molar-refractivity contribution in [3.05, 3.63) is 38.7 Å². The van der Waals surface area contributed by atoms with Crippen LogP contribution in [-0.2, 0) is 14.3 Å². The van der Waals surface area contributed by atoms with Gasteiger partial charge in [0.15, 0.2) is 0 Å². The summed E-state index contributed by atoms with van der Waals surface area (Å²) in [5.41, 5.74) is 1.57. The van der Waals surface area contributed by atoms with Crippen LogP contribution in [0.1, 0.15) is 28.1 Å². The van der Waals surface area contributed by atoms with Crippen LogP contribution in [0.15, 0.2) is 18.2 Å². The van der Waals surface area contributed by atoms with Crippen molar-refractivity contribution in [2.24, 2.45) is 0 Å². The highest BCUT2D eigenvalue weighted by molar-refractivity contribution is 7.17. The minimum absolute atomic E-state index is 0.261. The molecule has 8 heteroatoms. The molecule has 0 bridgehead atoms. The van der Waals surface area contributed by atoms with Gasteiger partial charge in [-0.1, -0.05) is 29.3 Å². The zero-order chi connectivity index (χ0) is 18.8. The summed E-state index contributed by atoms with van der Waals surface area (Å²) in [5, 5.41) is 4.16. The van der Waals surface area contributed by atoms with Crippen molar-refractivity contribution in [3.63, 3.8) is 0 Å². The van der Waals surface area contributed by atoms with Crippen molar-refractivity contribution in [3.8, 4) is 11.1 Å². The summed E-state index contributed by atoms with van der Waals surface area (Å²) in [4.78, 5) is 25.7. The number of hydrogen-bond donors (Lipinski definition) is 1. The lowest BCUT2D eigenvalue weighted by Gasteiger charge is -2.11. The quantitative estimate of drug-likeness (QED) is 0.721. The Morgan fingerprint density at radius 2 is 2.12 bits per heavy atom. The molecule has 1 N–H and O–H groups in total. The van der Waals surface area contributed by atoms with E-state index in [0.717, 1.165) is 11.3 Å². The molecule has 1 aromatic heterocycles. The van der Waals surface area contributed by atoms with Crippen LogP contribution in [0.25, 0.3) is 11.1 Å². The highest BCUT2D eigenvalue weighted by Gasteiger charge is 2.29. The average molecular weight is 414 g/mol. The van der Waals surface area contributed by atoms with E-state index in [2.05, 4.69) is 5.32 Å². The maximum absolute atomic E-state index is 12.5. The smallest absolute Gasteiger partial charge is 0.341 e. The van der Waals surface area contributed by atoms with Crippen LogP contribution in [0.5, 0.6) is 0 Å². The van der Waals surface area contributed by atoms with Gasteiger partial charge in [0.25, 0.3) is 5.91 Å². The molecule has 0 aliphatic carbocycles. The van der Waals surface area contributed by atoms with E-state index in [1.54, 1.807) is 18.2 Å². The van der Waals surface area contributed by atoms with Crippen LogP contribution in [0.4, 0.5) is 5.00 Å². The average Bonchev–Trinajstić information content (AvgIpc) is 3.23. The lowest BCUT2D eigenvalue weighted by Crippen LogP contribution is -2.27. The van der Waals surface area contributed by atoms with Gasteiger partial charge < -0.3 is 14.8 Å². The van der Waals surface area contributed by atoms with Gasteiger partial charge in [-0.15, -0.1) is 11.3 Å². The van der Waals surface area contributed by atoms with Gasteiger partial charge in [-0.2, -0.15) is 0 Å².